The van der Waals surface area contributed by atoms with E-state index >= 15 is 0 Å². The summed E-state index contributed by atoms with van der Waals surface area (Å²) in [5.41, 5.74) is 11.2. The molecule has 4 heteroatoms. The highest BCUT2D eigenvalue weighted by Gasteiger charge is 2.18. The predicted octanol–water partition coefficient (Wildman–Crippen LogP) is 11.8. The molecule has 9 rings (SSSR count). The van der Waals surface area contributed by atoms with Crippen molar-refractivity contribution in [2.45, 2.75) is 0 Å². The zero-order valence-corrected chi connectivity index (χ0v) is 26.5. The van der Waals surface area contributed by atoms with Crippen LogP contribution in [-0.2, 0) is 0 Å². The second-order valence-corrected chi connectivity index (χ2v) is 12.1. The molecule has 0 bridgehead atoms. The molecule has 0 fully saturated rings. The third-order valence-corrected chi connectivity index (χ3v) is 8.92. The smallest absolute Gasteiger partial charge is 0.167 e. The summed E-state index contributed by atoms with van der Waals surface area (Å²) in [7, 11) is 0. The minimum absolute atomic E-state index is 0.570. The molecule has 0 N–H and O–H groups in total. The Kier molecular flexibility index (Phi) is 7.10. The van der Waals surface area contributed by atoms with E-state index in [1.54, 1.807) is 0 Å². The molecule has 2 aromatic heterocycles. The van der Waals surface area contributed by atoms with Crippen LogP contribution < -0.4 is 0 Å². The summed E-state index contributed by atoms with van der Waals surface area (Å²) in [6.07, 6.45) is 0. The quantitative estimate of drug-likeness (QED) is 0.184. The van der Waals surface area contributed by atoms with Crippen molar-refractivity contribution in [1.29, 1.82) is 0 Å². The first-order valence-corrected chi connectivity index (χ1v) is 16.4. The average Bonchev–Trinajstić information content (AvgIpc) is 3.57. The van der Waals surface area contributed by atoms with E-state index in [-0.39, 0.29) is 0 Å². The normalized spacial score (nSPS) is 11.3. The van der Waals surface area contributed by atoms with E-state index in [0.29, 0.717) is 17.5 Å². The standard InChI is InChI=1S/C45H29N3O/c1-5-14-30(15-6-1)35-26-36(31-16-7-2-8-17-31)28-37(27-35)34-24-25-41-40(29-34)38-22-13-23-39(42(38)49-41)45-47-43(32-18-9-3-10-19-32)46-44(48-45)33-20-11-4-12-21-33/h1-29H. The van der Waals surface area contributed by atoms with Crippen LogP contribution in [-0.4, -0.2) is 15.0 Å². The number of fused-ring (bicyclic) bond motifs is 3. The lowest BCUT2D eigenvalue weighted by Gasteiger charge is -2.11. The summed E-state index contributed by atoms with van der Waals surface area (Å²) in [5.74, 6) is 1.81. The zero-order valence-electron chi connectivity index (χ0n) is 26.5. The van der Waals surface area contributed by atoms with Crippen LogP contribution in [0.1, 0.15) is 0 Å². The van der Waals surface area contributed by atoms with Crippen LogP contribution in [0.4, 0.5) is 0 Å². The van der Waals surface area contributed by atoms with Crippen LogP contribution in [0.3, 0.4) is 0 Å². The molecule has 0 saturated heterocycles. The van der Waals surface area contributed by atoms with Crippen LogP contribution in [0.25, 0.3) is 89.5 Å². The van der Waals surface area contributed by atoms with Gasteiger partial charge in [-0.25, -0.2) is 15.0 Å². The van der Waals surface area contributed by atoms with Gasteiger partial charge in [-0.2, -0.15) is 0 Å². The van der Waals surface area contributed by atoms with Crippen molar-refractivity contribution in [3.63, 3.8) is 0 Å². The van der Waals surface area contributed by atoms with Crippen LogP contribution in [0.5, 0.6) is 0 Å². The molecule has 0 amide bonds. The predicted molar refractivity (Wildman–Crippen MR) is 200 cm³/mol. The largest absolute Gasteiger partial charge is 0.455 e. The summed E-state index contributed by atoms with van der Waals surface area (Å²) in [6.45, 7) is 0. The fraction of sp³-hybridized carbons (Fsp3) is 0. The molecule has 0 aliphatic heterocycles. The van der Waals surface area contributed by atoms with Gasteiger partial charge in [-0.05, 0) is 69.8 Å². The molecular formula is C45H29N3O. The Morgan fingerprint density at radius 2 is 0.776 bits per heavy atom. The first-order valence-electron chi connectivity index (χ1n) is 16.4. The number of hydrogen-bond acceptors (Lipinski definition) is 4. The highest BCUT2D eigenvalue weighted by atomic mass is 16.3. The van der Waals surface area contributed by atoms with Crippen LogP contribution in [0.2, 0.25) is 0 Å². The fourth-order valence-corrected chi connectivity index (χ4v) is 6.47. The SMILES string of the molecule is c1ccc(-c2cc(-c3ccccc3)cc(-c3ccc4oc5c(-c6nc(-c7ccccc7)nc(-c7ccccc7)n6)cccc5c4c3)c2)cc1. The molecule has 0 spiro atoms. The van der Waals surface area contributed by atoms with Gasteiger partial charge in [-0.3, -0.25) is 0 Å². The van der Waals surface area contributed by atoms with Crippen LogP contribution >= 0.6 is 0 Å². The summed E-state index contributed by atoms with van der Waals surface area (Å²) in [4.78, 5) is 14.8. The lowest BCUT2D eigenvalue weighted by atomic mass is 9.93. The topological polar surface area (TPSA) is 51.8 Å². The van der Waals surface area contributed by atoms with E-state index in [9.17, 15) is 0 Å². The maximum atomic E-state index is 6.61. The number of furan rings is 1. The van der Waals surface area contributed by atoms with E-state index in [2.05, 4.69) is 109 Å². The van der Waals surface area contributed by atoms with Crippen LogP contribution in [0, 0.1) is 0 Å². The fourth-order valence-electron chi connectivity index (χ4n) is 6.47. The third-order valence-electron chi connectivity index (χ3n) is 8.92. The van der Waals surface area contributed by atoms with Gasteiger partial charge in [0.1, 0.15) is 11.2 Å². The number of para-hydroxylation sites is 1. The first-order chi connectivity index (χ1) is 24.3. The number of aromatic nitrogens is 3. The van der Waals surface area contributed by atoms with Gasteiger partial charge >= 0.3 is 0 Å². The Hall–Kier alpha value is -6.65. The number of benzene rings is 7. The molecular weight excluding hydrogens is 599 g/mol. The summed E-state index contributed by atoms with van der Waals surface area (Å²) in [5, 5.41) is 2.06. The minimum Gasteiger partial charge on any atom is -0.455 e. The Balaban J connectivity index is 1.20. The Bertz CT molecular complexity index is 2460. The van der Waals surface area contributed by atoms with Gasteiger partial charge in [-0.15, -0.1) is 0 Å². The second kappa shape index (κ2) is 12.2. The second-order valence-electron chi connectivity index (χ2n) is 12.1. The molecule has 0 radical (unpaired) electrons. The first kappa shape index (κ1) is 28.6. The Labute approximate surface area is 284 Å². The molecule has 0 unspecified atom stereocenters. The number of hydrogen-bond donors (Lipinski definition) is 0. The van der Waals surface area contributed by atoms with E-state index in [1.165, 1.54) is 22.3 Å². The van der Waals surface area contributed by atoms with Gasteiger partial charge in [0.2, 0.25) is 0 Å². The summed E-state index contributed by atoms with van der Waals surface area (Å²) in [6, 6.07) is 60.6. The van der Waals surface area contributed by atoms with Crippen molar-refractivity contribution < 1.29 is 4.42 Å². The molecule has 9 aromatic rings. The van der Waals surface area contributed by atoms with E-state index < -0.39 is 0 Å². The van der Waals surface area contributed by atoms with Crippen molar-refractivity contribution in [2.24, 2.45) is 0 Å². The minimum atomic E-state index is 0.570. The lowest BCUT2D eigenvalue weighted by Crippen LogP contribution is -2.00. The Morgan fingerprint density at radius 1 is 0.306 bits per heavy atom. The molecule has 7 aromatic carbocycles. The molecule has 230 valence electrons. The monoisotopic (exact) mass is 627 g/mol. The number of nitrogens with zero attached hydrogens (tertiary/aromatic N) is 3. The molecule has 0 atom stereocenters. The molecule has 2 heterocycles. The molecule has 0 saturated carbocycles. The van der Waals surface area contributed by atoms with Crippen molar-refractivity contribution in [2.75, 3.05) is 0 Å². The third kappa shape index (κ3) is 5.45. The molecule has 0 aliphatic rings. The van der Waals surface area contributed by atoms with E-state index in [1.807, 2.05) is 66.7 Å². The van der Waals surface area contributed by atoms with Gasteiger partial charge < -0.3 is 4.42 Å². The summed E-state index contributed by atoms with van der Waals surface area (Å²) >= 11 is 0. The maximum Gasteiger partial charge on any atom is 0.167 e. The van der Waals surface area contributed by atoms with Gasteiger partial charge in [0.15, 0.2) is 17.5 Å². The van der Waals surface area contributed by atoms with Crippen molar-refractivity contribution >= 4 is 21.9 Å². The van der Waals surface area contributed by atoms with Crippen molar-refractivity contribution in [3.05, 3.63) is 176 Å². The molecule has 4 nitrogen and oxygen atoms in total. The number of rotatable bonds is 6. The highest BCUT2D eigenvalue weighted by Crippen LogP contribution is 2.39. The van der Waals surface area contributed by atoms with E-state index in [0.717, 1.165) is 49.8 Å². The lowest BCUT2D eigenvalue weighted by molar-refractivity contribution is 0.669. The van der Waals surface area contributed by atoms with Gasteiger partial charge in [0.25, 0.3) is 0 Å². The Morgan fingerprint density at radius 3 is 1.31 bits per heavy atom. The van der Waals surface area contributed by atoms with Crippen molar-refractivity contribution in [1.82, 2.24) is 15.0 Å². The summed E-state index contributed by atoms with van der Waals surface area (Å²) < 4.78 is 6.61. The zero-order chi connectivity index (χ0) is 32.6. The van der Waals surface area contributed by atoms with Crippen molar-refractivity contribution in [3.8, 4) is 67.5 Å². The van der Waals surface area contributed by atoms with Gasteiger partial charge in [0.05, 0.1) is 5.56 Å². The highest BCUT2D eigenvalue weighted by molar-refractivity contribution is 6.10. The van der Waals surface area contributed by atoms with E-state index in [4.69, 9.17) is 19.4 Å². The van der Waals surface area contributed by atoms with Crippen LogP contribution in [0.15, 0.2) is 180 Å². The van der Waals surface area contributed by atoms with Gasteiger partial charge in [-0.1, -0.05) is 140 Å². The molecule has 49 heavy (non-hydrogen) atoms. The van der Waals surface area contributed by atoms with Gasteiger partial charge in [0, 0.05) is 21.9 Å². The maximum absolute atomic E-state index is 6.61. The molecule has 0 aliphatic carbocycles. The average molecular weight is 628 g/mol.